The third-order valence-electron chi connectivity index (χ3n) is 1.87. The second kappa shape index (κ2) is 3.76. The molecule has 0 saturated heterocycles. The number of aromatic nitrogens is 4. The van der Waals surface area contributed by atoms with E-state index < -0.39 is 5.97 Å². The monoisotopic (exact) mass is 222 g/mol. The van der Waals surface area contributed by atoms with Crippen LogP contribution in [-0.2, 0) is 16.1 Å². The van der Waals surface area contributed by atoms with Gasteiger partial charge in [0.25, 0.3) is 5.78 Å². The molecule has 7 nitrogen and oxygen atoms in total. The number of aromatic hydroxyl groups is 1. The van der Waals surface area contributed by atoms with Crippen molar-refractivity contribution in [2.45, 2.75) is 20.5 Å². The molecule has 16 heavy (non-hydrogen) atoms. The predicted molar refractivity (Wildman–Crippen MR) is 52.7 cm³/mol. The number of rotatable bonds is 2. The highest BCUT2D eigenvalue weighted by atomic mass is 16.5. The summed E-state index contributed by atoms with van der Waals surface area (Å²) >= 11 is 0. The van der Waals surface area contributed by atoms with E-state index in [0.29, 0.717) is 11.5 Å². The fraction of sp³-hybridized carbons (Fsp3) is 0.333. The Bertz CT molecular complexity index is 549. The molecule has 7 heteroatoms. The molecule has 0 atom stereocenters. The summed E-state index contributed by atoms with van der Waals surface area (Å²) in [7, 11) is 0. The summed E-state index contributed by atoms with van der Waals surface area (Å²) in [4.78, 5) is 18.7. The molecule has 0 aromatic carbocycles. The van der Waals surface area contributed by atoms with Gasteiger partial charge in [-0.05, 0) is 6.92 Å². The van der Waals surface area contributed by atoms with E-state index in [9.17, 15) is 9.90 Å². The second-order valence-corrected chi connectivity index (χ2v) is 3.28. The van der Waals surface area contributed by atoms with Crippen LogP contribution >= 0.6 is 0 Å². The van der Waals surface area contributed by atoms with E-state index in [2.05, 4.69) is 15.1 Å². The molecule has 0 aliphatic rings. The first-order chi connectivity index (χ1) is 7.56. The van der Waals surface area contributed by atoms with Crippen molar-refractivity contribution in [2.75, 3.05) is 0 Å². The molecule has 0 bridgehead atoms. The van der Waals surface area contributed by atoms with Gasteiger partial charge in [-0.1, -0.05) is 0 Å². The first-order valence-corrected chi connectivity index (χ1v) is 4.62. The van der Waals surface area contributed by atoms with Crippen molar-refractivity contribution < 1.29 is 14.6 Å². The lowest BCUT2D eigenvalue weighted by Gasteiger charge is -1.96. The van der Waals surface area contributed by atoms with E-state index in [1.54, 1.807) is 6.92 Å². The number of carbonyl (C=O) groups excluding carboxylic acids is 1. The smallest absolute Gasteiger partial charge is 0.303 e. The Hall–Kier alpha value is -2.18. The Morgan fingerprint density at radius 2 is 2.31 bits per heavy atom. The van der Waals surface area contributed by atoms with Crippen molar-refractivity contribution in [3.63, 3.8) is 0 Å². The molecule has 1 N–H and O–H groups in total. The van der Waals surface area contributed by atoms with E-state index in [1.165, 1.54) is 17.5 Å². The van der Waals surface area contributed by atoms with Crippen LogP contribution in [0.25, 0.3) is 5.78 Å². The van der Waals surface area contributed by atoms with Crippen molar-refractivity contribution in [3.05, 3.63) is 17.6 Å². The summed E-state index contributed by atoms with van der Waals surface area (Å²) in [6.07, 6.45) is 0. The number of carbonyl (C=O) groups is 1. The molecule has 0 radical (unpaired) electrons. The number of hydrogen-bond acceptors (Lipinski definition) is 6. The van der Waals surface area contributed by atoms with Crippen LogP contribution in [-0.4, -0.2) is 30.7 Å². The Balaban J connectivity index is 2.36. The molecule has 2 aromatic heterocycles. The highest BCUT2D eigenvalue weighted by molar-refractivity contribution is 5.65. The lowest BCUT2D eigenvalue weighted by Crippen LogP contribution is -2.00. The van der Waals surface area contributed by atoms with E-state index >= 15 is 0 Å². The van der Waals surface area contributed by atoms with Gasteiger partial charge in [-0.3, -0.25) is 4.79 Å². The molecule has 84 valence electrons. The number of hydrogen-bond donors (Lipinski definition) is 1. The average Bonchev–Trinajstić information content (AvgIpc) is 2.57. The summed E-state index contributed by atoms with van der Waals surface area (Å²) in [5.41, 5.74) is 0.636. The first-order valence-electron chi connectivity index (χ1n) is 4.62. The zero-order valence-corrected chi connectivity index (χ0v) is 8.84. The zero-order valence-electron chi connectivity index (χ0n) is 8.84. The van der Waals surface area contributed by atoms with Crippen LogP contribution < -0.4 is 0 Å². The Kier molecular flexibility index (Phi) is 2.43. The number of fused-ring (bicyclic) bond motifs is 1. The minimum Gasteiger partial charge on any atom is -0.493 e. The van der Waals surface area contributed by atoms with Crippen molar-refractivity contribution in [1.82, 2.24) is 19.6 Å². The van der Waals surface area contributed by atoms with Crippen LogP contribution in [0.4, 0.5) is 0 Å². The second-order valence-electron chi connectivity index (χ2n) is 3.28. The molecule has 2 heterocycles. The highest BCUT2D eigenvalue weighted by Crippen LogP contribution is 2.11. The van der Waals surface area contributed by atoms with Gasteiger partial charge < -0.3 is 9.84 Å². The van der Waals surface area contributed by atoms with E-state index in [4.69, 9.17) is 4.74 Å². The maximum absolute atomic E-state index is 10.6. The number of ether oxygens (including phenoxy) is 1. The minimum atomic E-state index is -0.410. The summed E-state index contributed by atoms with van der Waals surface area (Å²) in [6.45, 7) is 3.01. The largest absolute Gasteiger partial charge is 0.493 e. The summed E-state index contributed by atoms with van der Waals surface area (Å²) in [5.74, 6) is 0.111. The third kappa shape index (κ3) is 1.92. The quantitative estimate of drug-likeness (QED) is 0.730. The van der Waals surface area contributed by atoms with Crippen LogP contribution in [0.3, 0.4) is 0 Å². The average molecular weight is 222 g/mol. The van der Waals surface area contributed by atoms with E-state index in [-0.39, 0.29) is 18.3 Å². The molecule has 0 aliphatic heterocycles. The fourth-order valence-corrected chi connectivity index (χ4v) is 1.24. The van der Waals surface area contributed by atoms with Crippen LogP contribution in [0.5, 0.6) is 5.88 Å². The van der Waals surface area contributed by atoms with Crippen molar-refractivity contribution in [1.29, 1.82) is 0 Å². The summed E-state index contributed by atoms with van der Waals surface area (Å²) in [5, 5.41) is 13.5. The maximum atomic E-state index is 10.6. The zero-order chi connectivity index (χ0) is 11.7. The molecule has 2 aromatic rings. The van der Waals surface area contributed by atoms with Crippen molar-refractivity contribution in [2.24, 2.45) is 0 Å². The van der Waals surface area contributed by atoms with Gasteiger partial charge in [0.2, 0.25) is 5.88 Å². The van der Waals surface area contributed by atoms with Crippen LogP contribution in [0.2, 0.25) is 0 Å². The SMILES string of the molecule is CC(=O)OCc1nc2nc(C)cc(O)n2n1. The normalized spacial score (nSPS) is 10.6. The predicted octanol–water partition coefficient (Wildman–Crippen LogP) is 0.201. The molecule has 2 rings (SSSR count). The molecule has 0 fully saturated rings. The molecule has 0 unspecified atom stereocenters. The summed E-state index contributed by atoms with van der Waals surface area (Å²) < 4.78 is 5.93. The van der Waals surface area contributed by atoms with Gasteiger partial charge in [-0.15, -0.1) is 5.10 Å². The first kappa shape index (κ1) is 10.3. The van der Waals surface area contributed by atoms with Gasteiger partial charge in [-0.25, -0.2) is 4.98 Å². The lowest BCUT2D eigenvalue weighted by molar-refractivity contribution is -0.142. The lowest BCUT2D eigenvalue weighted by atomic mass is 10.4. The topological polar surface area (TPSA) is 89.6 Å². The molecular weight excluding hydrogens is 212 g/mol. The molecular formula is C9H10N4O3. The number of nitrogens with zero attached hydrogens (tertiary/aromatic N) is 4. The highest BCUT2D eigenvalue weighted by Gasteiger charge is 2.09. The summed E-state index contributed by atoms with van der Waals surface area (Å²) in [6, 6.07) is 1.47. The van der Waals surface area contributed by atoms with Crippen LogP contribution in [0, 0.1) is 6.92 Å². The molecule has 0 spiro atoms. The van der Waals surface area contributed by atoms with Gasteiger partial charge in [0.05, 0.1) is 0 Å². The maximum Gasteiger partial charge on any atom is 0.303 e. The number of aryl methyl sites for hydroxylation is 1. The Morgan fingerprint density at radius 3 is 3.00 bits per heavy atom. The minimum absolute atomic E-state index is 0.0306. The Morgan fingerprint density at radius 1 is 1.56 bits per heavy atom. The third-order valence-corrected chi connectivity index (χ3v) is 1.87. The van der Waals surface area contributed by atoms with E-state index in [1.807, 2.05) is 0 Å². The molecule has 0 amide bonds. The Labute approximate surface area is 90.7 Å². The van der Waals surface area contributed by atoms with Gasteiger partial charge in [0.1, 0.15) is 0 Å². The van der Waals surface area contributed by atoms with Crippen LogP contribution in [0.15, 0.2) is 6.07 Å². The van der Waals surface area contributed by atoms with Gasteiger partial charge in [0, 0.05) is 18.7 Å². The van der Waals surface area contributed by atoms with Crippen molar-refractivity contribution >= 4 is 11.7 Å². The van der Waals surface area contributed by atoms with Crippen molar-refractivity contribution in [3.8, 4) is 5.88 Å². The van der Waals surface area contributed by atoms with Gasteiger partial charge in [0.15, 0.2) is 12.4 Å². The van der Waals surface area contributed by atoms with Gasteiger partial charge in [-0.2, -0.15) is 9.50 Å². The standard InChI is InChI=1S/C9H10N4O3/c1-5-3-8(15)13-9(10-5)11-7(12-13)4-16-6(2)14/h3,15H,4H2,1-2H3. The van der Waals surface area contributed by atoms with Crippen LogP contribution in [0.1, 0.15) is 18.4 Å². The van der Waals surface area contributed by atoms with E-state index in [0.717, 1.165) is 0 Å². The fourth-order valence-electron chi connectivity index (χ4n) is 1.24. The van der Waals surface area contributed by atoms with Gasteiger partial charge >= 0.3 is 5.97 Å². The molecule has 0 aliphatic carbocycles. The number of esters is 1. The molecule has 0 saturated carbocycles.